The van der Waals surface area contributed by atoms with Crippen LogP contribution in [0.4, 0.5) is 10.6 Å². The lowest BCUT2D eigenvalue weighted by Gasteiger charge is -2.21. The van der Waals surface area contributed by atoms with Crippen molar-refractivity contribution in [2.45, 2.75) is 38.5 Å². The molecule has 0 atom stereocenters. The molecule has 1 aromatic rings. The normalized spacial score (nSPS) is 16.1. The van der Waals surface area contributed by atoms with E-state index in [1.54, 1.807) is 12.3 Å². The van der Waals surface area contributed by atoms with Gasteiger partial charge in [0.2, 0.25) is 0 Å². The molecule has 1 aliphatic carbocycles. The SMILES string of the molecule is O=C(NCCC1CCCCC1)Nc1cc(Br)ccn1. The van der Waals surface area contributed by atoms with Gasteiger partial charge in [-0.1, -0.05) is 48.0 Å². The molecule has 1 saturated carbocycles. The van der Waals surface area contributed by atoms with Gasteiger partial charge in [-0.25, -0.2) is 9.78 Å². The largest absolute Gasteiger partial charge is 0.338 e. The number of carbonyl (C=O) groups excluding carboxylic acids is 1. The van der Waals surface area contributed by atoms with Gasteiger partial charge in [0, 0.05) is 17.2 Å². The van der Waals surface area contributed by atoms with Crippen LogP contribution < -0.4 is 10.6 Å². The fraction of sp³-hybridized carbons (Fsp3) is 0.571. The predicted octanol–water partition coefficient (Wildman–Crippen LogP) is 3.94. The Morgan fingerprint density at radius 2 is 2.16 bits per heavy atom. The summed E-state index contributed by atoms with van der Waals surface area (Å²) in [6, 6.07) is 3.42. The Labute approximate surface area is 122 Å². The lowest BCUT2D eigenvalue weighted by atomic mass is 9.87. The van der Waals surface area contributed by atoms with Crippen LogP contribution in [0.15, 0.2) is 22.8 Å². The van der Waals surface area contributed by atoms with E-state index in [2.05, 4.69) is 31.5 Å². The molecule has 2 amide bonds. The lowest BCUT2D eigenvalue weighted by Crippen LogP contribution is -2.31. The highest BCUT2D eigenvalue weighted by molar-refractivity contribution is 9.10. The van der Waals surface area contributed by atoms with Gasteiger partial charge in [-0.3, -0.25) is 5.32 Å². The summed E-state index contributed by atoms with van der Waals surface area (Å²) in [4.78, 5) is 15.8. The number of nitrogens with one attached hydrogen (secondary N) is 2. The second-order valence-electron chi connectivity index (χ2n) is 5.03. The van der Waals surface area contributed by atoms with E-state index in [4.69, 9.17) is 0 Å². The number of hydrogen-bond acceptors (Lipinski definition) is 2. The van der Waals surface area contributed by atoms with Crippen molar-refractivity contribution >= 4 is 27.8 Å². The summed E-state index contributed by atoms with van der Waals surface area (Å²) >= 11 is 3.35. The lowest BCUT2D eigenvalue weighted by molar-refractivity contribution is 0.250. The number of nitrogens with zero attached hydrogens (tertiary/aromatic N) is 1. The van der Waals surface area contributed by atoms with Gasteiger partial charge >= 0.3 is 6.03 Å². The molecular formula is C14H20BrN3O. The number of hydrogen-bond donors (Lipinski definition) is 2. The van der Waals surface area contributed by atoms with Crippen LogP contribution in [0.3, 0.4) is 0 Å². The zero-order valence-corrected chi connectivity index (χ0v) is 12.6. The second-order valence-corrected chi connectivity index (χ2v) is 5.95. The second kappa shape index (κ2) is 7.48. The monoisotopic (exact) mass is 325 g/mol. The van der Waals surface area contributed by atoms with Gasteiger partial charge in [-0.2, -0.15) is 0 Å². The first kappa shape index (κ1) is 14.3. The number of amides is 2. The van der Waals surface area contributed by atoms with Crippen LogP contribution in [0.1, 0.15) is 38.5 Å². The van der Waals surface area contributed by atoms with Gasteiger partial charge in [0.05, 0.1) is 0 Å². The molecule has 1 aliphatic rings. The Hall–Kier alpha value is -1.10. The van der Waals surface area contributed by atoms with Crippen molar-refractivity contribution in [3.8, 4) is 0 Å². The minimum atomic E-state index is -0.179. The maximum atomic E-state index is 11.7. The highest BCUT2D eigenvalue weighted by atomic mass is 79.9. The number of pyridine rings is 1. The minimum absolute atomic E-state index is 0.179. The third-order valence-corrected chi connectivity index (χ3v) is 4.02. The van der Waals surface area contributed by atoms with Crippen LogP contribution in [-0.2, 0) is 0 Å². The zero-order valence-electron chi connectivity index (χ0n) is 11.0. The van der Waals surface area contributed by atoms with E-state index in [9.17, 15) is 4.79 Å². The molecule has 0 radical (unpaired) electrons. The Morgan fingerprint density at radius 1 is 1.37 bits per heavy atom. The van der Waals surface area contributed by atoms with Gasteiger partial charge < -0.3 is 5.32 Å². The molecule has 1 heterocycles. The van der Waals surface area contributed by atoms with Crippen LogP contribution in [0.2, 0.25) is 0 Å². The average molecular weight is 326 g/mol. The van der Waals surface area contributed by atoms with Gasteiger partial charge in [0.1, 0.15) is 5.82 Å². The number of halogens is 1. The number of urea groups is 1. The van der Waals surface area contributed by atoms with Crippen molar-refractivity contribution < 1.29 is 4.79 Å². The summed E-state index contributed by atoms with van der Waals surface area (Å²) in [6.45, 7) is 0.741. The molecule has 0 aromatic carbocycles. The Bertz CT molecular complexity index is 419. The molecule has 0 bridgehead atoms. The van der Waals surface area contributed by atoms with Crippen LogP contribution in [0, 0.1) is 5.92 Å². The summed E-state index contributed by atoms with van der Waals surface area (Å²) in [7, 11) is 0. The molecule has 1 aromatic heterocycles. The van der Waals surface area contributed by atoms with Gasteiger partial charge in [0.25, 0.3) is 0 Å². The maximum absolute atomic E-state index is 11.7. The quantitative estimate of drug-likeness (QED) is 0.881. The Kier molecular flexibility index (Phi) is 5.63. The highest BCUT2D eigenvalue weighted by Crippen LogP contribution is 2.25. The molecule has 2 N–H and O–H groups in total. The van der Waals surface area contributed by atoms with Crippen LogP contribution in [-0.4, -0.2) is 17.6 Å². The van der Waals surface area contributed by atoms with Gasteiger partial charge in [-0.15, -0.1) is 0 Å². The van der Waals surface area contributed by atoms with Gasteiger partial charge in [0.15, 0.2) is 0 Å². The predicted molar refractivity (Wildman–Crippen MR) is 80.2 cm³/mol. The fourth-order valence-electron chi connectivity index (χ4n) is 2.50. The van der Waals surface area contributed by atoms with Crippen LogP contribution >= 0.6 is 15.9 Å². The van der Waals surface area contributed by atoms with E-state index >= 15 is 0 Å². The molecule has 0 unspecified atom stereocenters. The molecule has 2 rings (SSSR count). The van der Waals surface area contributed by atoms with Crippen molar-refractivity contribution in [3.05, 3.63) is 22.8 Å². The van der Waals surface area contributed by atoms with Crippen molar-refractivity contribution in [3.63, 3.8) is 0 Å². The first-order valence-electron chi connectivity index (χ1n) is 6.90. The summed E-state index contributed by atoms with van der Waals surface area (Å²) in [5.74, 6) is 1.35. The maximum Gasteiger partial charge on any atom is 0.320 e. The molecule has 5 heteroatoms. The van der Waals surface area contributed by atoms with E-state index in [0.717, 1.165) is 23.4 Å². The zero-order chi connectivity index (χ0) is 13.5. The molecule has 19 heavy (non-hydrogen) atoms. The number of aromatic nitrogens is 1. The van der Waals surface area contributed by atoms with Crippen molar-refractivity contribution in [1.29, 1.82) is 0 Å². The fourth-order valence-corrected chi connectivity index (χ4v) is 2.83. The first-order valence-corrected chi connectivity index (χ1v) is 7.70. The molecule has 0 aliphatic heterocycles. The van der Waals surface area contributed by atoms with Crippen molar-refractivity contribution in [2.24, 2.45) is 5.92 Å². The summed E-state index contributed by atoms with van der Waals surface area (Å²) < 4.78 is 0.903. The highest BCUT2D eigenvalue weighted by Gasteiger charge is 2.13. The topological polar surface area (TPSA) is 54.0 Å². The summed E-state index contributed by atoms with van der Waals surface area (Å²) in [6.07, 6.45) is 9.44. The van der Waals surface area contributed by atoms with E-state index in [1.807, 2.05) is 6.07 Å². The average Bonchev–Trinajstić information content (AvgIpc) is 2.40. The van der Waals surface area contributed by atoms with E-state index in [0.29, 0.717) is 5.82 Å². The van der Waals surface area contributed by atoms with Crippen LogP contribution in [0.25, 0.3) is 0 Å². The molecule has 0 saturated heterocycles. The van der Waals surface area contributed by atoms with Crippen molar-refractivity contribution in [2.75, 3.05) is 11.9 Å². The molecule has 4 nitrogen and oxygen atoms in total. The van der Waals surface area contributed by atoms with Crippen molar-refractivity contribution in [1.82, 2.24) is 10.3 Å². The minimum Gasteiger partial charge on any atom is -0.338 e. The van der Waals surface area contributed by atoms with E-state index < -0.39 is 0 Å². The molecular weight excluding hydrogens is 306 g/mol. The smallest absolute Gasteiger partial charge is 0.320 e. The Morgan fingerprint density at radius 3 is 2.89 bits per heavy atom. The number of carbonyl (C=O) groups is 1. The number of rotatable bonds is 4. The third kappa shape index (κ3) is 5.19. The summed E-state index contributed by atoms with van der Waals surface area (Å²) in [5, 5.41) is 5.62. The van der Waals surface area contributed by atoms with Gasteiger partial charge in [-0.05, 0) is 24.5 Å². The first-order chi connectivity index (χ1) is 9.24. The van der Waals surface area contributed by atoms with E-state index in [1.165, 1.54) is 32.1 Å². The van der Waals surface area contributed by atoms with Crippen LogP contribution in [0.5, 0.6) is 0 Å². The standard InChI is InChI=1S/C14H20BrN3O/c15-12-7-9-16-13(10-12)18-14(19)17-8-6-11-4-2-1-3-5-11/h7,9-11H,1-6,8H2,(H2,16,17,18,19). The molecule has 104 valence electrons. The molecule has 0 spiro atoms. The Balaban J connectivity index is 1.67. The third-order valence-electron chi connectivity index (χ3n) is 3.53. The molecule has 1 fully saturated rings. The number of anilines is 1. The summed E-state index contributed by atoms with van der Waals surface area (Å²) in [5.41, 5.74) is 0. The van der Waals surface area contributed by atoms with E-state index in [-0.39, 0.29) is 6.03 Å².